The van der Waals surface area contributed by atoms with Crippen molar-refractivity contribution in [2.45, 2.75) is 33.0 Å². The number of nitrogens with zero attached hydrogens (tertiary/aromatic N) is 2. The van der Waals surface area contributed by atoms with Crippen LogP contribution in [0, 0.1) is 6.92 Å². The molecule has 3 rings (SSSR count). The normalized spacial score (nSPS) is 19.9. The molecular formula is C20H23N3O3. The number of anilines is 1. The van der Waals surface area contributed by atoms with E-state index in [1.807, 2.05) is 20.8 Å². The molecule has 0 bridgehead atoms. The van der Waals surface area contributed by atoms with E-state index in [9.17, 15) is 9.59 Å². The van der Waals surface area contributed by atoms with Crippen LogP contribution in [0.5, 0.6) is 0 Å². The van der Waals surface area contributed by atoms with Crippen molar-refractivity contribution in [2.24, 2.45) is 0 Å². The summed E-state index contributed by atoms with van der Waals surface area (Å²) in [4.78, 5) is 31.4. The molecule has 1 aromatic carbocycles. The van der Waals surface area contributed by atoms with Crippen LogP contribution in [0.4, 0.5) is 5.69 Å². The first-order valence-corrected chi connectivity index (χ1v) is 8.72. The SMILES string of the molecule is Cc1ccc(C(=O)Nc2ccccc2C(=O)N2C[C@@H](C)O[C@@H](C)C2)cn1. The zero-order chi connectivity index (χ0) is 18.7. The van der Waals surface area contributed by atoms with E-state index in [4.69, 9.17) is 4.74 Å². The fraction of sp³-hybridized carbons (Fsp3) is 0.350. The van der Waals surface area contributed by atoms with Gasteiger partial charge in [0, 0.05) is 25.0 Å². The molecule has 6 heteroatoms. The molecule has 2 amide bonds. The van der Waals surface area contributed by atoms with E-state index >= 15 is 0 Å². The van der Waals surface area contributed by atoms with Crippen molar-refractivity contribution < 1.29 is 14.3 Å². The van der Waals surface area contributed by atoms with E-state index in [0.29, 0.717) is 29.9 Å². The molecule has 1 aromatic heterocycles. The van der Waals surface area contributed by atoms with Crippen LogP contribution < -0.4 is 5.32 Å². The molecule has 0 radical (unpaired) electrons. The average molecular weight is 353 g/mol. The Morgan fingerprint density at radius 1 is 1.12 bits per heavy atom. The maximum Gasteiger partial charge on any atom is 0.257 e. The first-order chi connectivity index (χ1) is 12.4. The second-order valence-corrected chi connectivity index (χ2v) is 6.66. The fourth-order valence-electron chi connectivity index (χ4n) is 3.09. The van der Waals surface area contributed by atoms with Gasteiger partial charge in [0.1, 0.15) is 0 Å². The number of hydrogen-bond donors (Lipinski definition) is 1. The van der Waals surface area contributed by atoms with Gasteiger partial charge in [0.2, 0.25) is 0 Å². The van der Waals surface area contributed by atoms with Gasteiger partial charge in [0.15, 0.2) is 0 Å². The summed E-state index contributed by atoms with van der Waals surface area (Å²) in [5.74, 6) is -0.397. The van der Waals surface area contributed by atoms with Gasteiger partial charge in [-0.25, -0.2) is 0 Å². The van der Waals surface area contributed by atoms with Crippen LogP contribution in [0.25, 0.3) is 0 Å². The molecule has 1 fully saturated rings. The van der Waals surface area contributed by atoms with Crippen molar-refractivity contribution in [2.75, 3.05) is 18.4 Å². The Morgan fingerprint density at radius 3 is 2.46 bits per heavy atom. The van der Waals surface area contributed by atoms with Gasteiger partial charge >= 0.3 is 0 Å². The molecule has 6 nitrogen and oxygen atoms in total. The lowest BCUT2D eigenvalue weighted by Gasteiger charge is -2.35. The van der Waals surface area contributed by atoms with Crippen LogP contribution in [0.15, 0.2) is 42.6 Å². The highest BCUT2D eigenvalue weighted by molar-refractivity contribution is 6.08. The van der Waals surface area contributed by atoms with E-state index in [-0.39, 0.29) is 24.0 Å². The number of para-hydroxylation sites is 1. The minimum Gasteiger partial charge on any atom is -0.372 e. The summed E-state index contributed by atoms with van der Waals surface area (Å²) in [6.45, 7) is 6.84. The van der Waals surface area contributed by atoms with Gasteiger partial charge in [-0.15, -0.1) is 0 Å². The van der Waals surface area contributed by atoms with Crippen molar-refractivity contribution in [3.05, 3.63) is 59.4 Å². The highest BCUT2D eigenvalue weighted by atomic mass is 16.5. The molecule has 0 unspecified atom stereocenters. The van der Waals surface area contributed by atoms with Crippen LogP contribution in [-0.4, -0.2) is 47.0 Å². The Hall–Kier alpha value is -2.73. The number of amides is 2. The molecule has 0 spiro atoms. The summed E-state index contributed by atoms with van der Waals surface area (Å²) < 4.78 is 5.69. The molecule has 2 atom stereocenters. The molecule has 1 aliphatic heterocycles. The monoisotopic (exact) mass is 353 g/mol. The summed E-state index contributed by atoms with van der Waals surface area (Å²) in [6, 6.07) is 10.6. The van der Waals surface area contributed by atoms with Gasteiger partial charge in [-0.2, -0.15) is 0 Å². The standard InChI is InChI=1S/C20H23N3O3/c1-13-8-9-16(10-21-13)19(24)22-18-7-5-4-6-17(18)20(25)23-11-14(2)26-15(3)12-23/h4-10,14-15H,11-12H2,1-3H3,(H,22,24)/t14-,15+. The third kappa shape index (κ3) is 4.08. The van der Waals surface area contributed by atoms with Crippen LogP contribution in [-0.2, 0) is 4.74 Å². The van der Waals surface area contributed by atoms with Crippen molar-refractivity contribution in [1.29, 1.82) is 0 Å². The Kier molecular flexibility index (Phi) is 5.32. The predicted molar refractivity (Wildman–Crippen MR) is 99.3 cm³/mol. The molecule has 2 heterocycles. The maximum absolute atomic E-state index is 13.0. The zero-order valence-electron chi connectivity index (χ0n) is 15.2. The number of carbonyl (C=O) groups is 2. The number of hydrogen-bond acceptors (Lipinski definition) is 4. The average Bonchev–Trinajstić information content (AvgIpc) is 2.61. The van der Waals surface area contributed by atoms with Crippen molar-refractivity contribution >= 4 is 17.5 Å². The number of pyridine rings is 1. The lowest BCUT2D eigenvalue weighted by atomic mass is 10.1. The lowest BCUT2D eigenvalue weighted by molar-refractivity contribution is -0.0585. The van der Waals surface area contributed by atoms with Crippen molar-refractivity contribution in [1.82, 2.24) is 9.88 Å². The van der Waals surface area contributed by atoms with E-state index in [2.05, 4.69) is 10.3 Å². The Balaban J connectivity index is 1.80. The second kappa shape index (κ2) is 7.66. The second-order valence-electron chi connectivity index (χ2n) is 6.66. The number of rotatable bonds is 3. The molecule has 136 valence electrons. The van der Waals surface area contributed by atoms with Crippen LogP contribution >= 0.6 is 0 Å². The van der Waals surface area contributed by atoms with E-state index in [1.165, 1.54) is 6.20 Å². The van der Waals surface area contributed by atoms with E-state index in [0.717, 1.165) is 5.69 Å². The fourth-order valence-corrected chi connectivity index (χ4v) is 3.09. The van der Waals surface area contributed by atoms with Gasteiger partial charge < -0.3 is 15.0 Å². The summed E-state index contributed by atoms with van der Waals surface area (Å²) >= 11 is 0. The van der Waals surface area contributed by atoms with Crippen LogP contribution in [0.3, 0.4) is 0 Å². The van der Waals surface area contributed by atoms with Crippen LogP contribution in [0.2, 0.25) is 0 Å². The third-order valence-corrected chi connectivity index (χ3v) is 4.29. The zero-order valence-corrected chi connectivity index (χ0v) is 15.2. The summed E-state index contributed by atoms with van der Waals surface area (Å²) in [5, 5.41) is 2.83. The first-order valence-electron chi connectivity index (χ1n) is 8.72. The van der Waals surface area contributed by atoms with Gasteiger partial charge in [0.05, 0.1) is 29.0 Å². The number of benzene rings is 1. The lowest BCUT2D eigenvalue weighted by Crippen LogP contribution is -2.48. The van der Waals surface area contributed by atoms with Gasteiger partial charge in [0.25, 0.3) is 11.8 Å². The van der Waals surface area contributed by atoms with Gasteiger partial charge in [-0.1, -0.05) is 12.1 Å². The quantitative estimate of drug-likeness (QED) is 0.921. The maximum atomic E-state index is 13.0. The number of aromatic nitrogens is 1. The van der Waals surface area contributed by atoms with Gasteiger partial charge in [-0.3, -0.25) is 14.6 Å². The summed E-state index contributed by atoms with van der Waals surface area (Å²) in [7, 11) is 0. The number of nitrogens with one attached hydrogen (secondary N) is 1. The number of aryl methyl sites for hydroxylation is 1. The predicted octanol–water partition coefficient (Wildman–Crippen LogP) is 2.89. The highest BCUT2D eigenvalue weighted by Gasteiger charge is 2.28. The number of ether oxygens (including phenoxy) is 1. The summed E-state index contributed by atoms with van der Waals surface area (Å²) in [6.07, 6.45) is 1.51. The molecule has 1 N–H and O–H groups in total. The molecule has 0 aliphatic carbocycles. The minimum absolute atomic E-state index is 0.0110. The van der Waals surface area contributed by atoms with E-state index in [1.54, 1.807) is 41.3 Å². The third-order valence-electron chi connectivity index (χ3n) is 4.29. The largest absolute Gasteiger partial charge is 0.372 e. The first kappa shape index (κ1) is 18.1. The van der Waals surface area contributed by atoms with Gasteiger partial charge in [-0.05, 0) is 45.0 Å². The van der Waals surface area contributed by atoms with E-state index < -0.39 is 0 Å². The molecular weight excluding hydrogens is 330 g/mol. The van der Waals surface area contributed by atoms with Crippen molar-refractivity contribution in [3.63, 3.8) is 0 Å². The summed E-state index contributed by atoms with van der Waals surface area (Å²) in [5.41, 5.74) is 2.26. The Morgan fingerprint density at radius 2 is 1.81 bits per heavy atom. The topological polar surface area (TPSA) is 71.5 Å². The molecule has 1 saturated heterocycles. The molecule has 26 heavy (non-hydrogen) atoms. The Labute approximate surface area is 153 Å². The molecule has 0 saturated carbocycles. The molecule has 2 aromatic rings. The van der Waals surface area contributed by atoms with Crippen molar-refractivity contribution in [3.8, 4) is 0 Å². The highest BCUT2D eigenvalue weighted by Crippen LogP contribution is 2.21. The Bertz CT molecular complexity index is 794. The smallest absolute Gasteiger partial charge is 0.257 e. The minimum atomic E-state index is -0.290. The number of carbonyl (C=O) groups excluding carboxylic acids is 2. The number of morpholine rings is 1. The molecule has 1 aliphatic rings. The van der Waals surface area contributed by atoms with Crippen LogP contribution in [0.1, 0.15) is 40.3 Å².